The molecule has 2 atom stereocenters. The van der Waals surface area contributed by atoms with E-state index in [1.165, 1.54) is 16.7 Å². The standard InChI is InChI=1S/C11H16N2O3S/c1-3-5-9-13(11(16)12-6-4-2)8(7-17-9)10(14)15/h2,8-9H,3,5-7H2,1H3,(H,12,16)(H,14,15). The Hall–Kier alpha value is -1.35. The minimum atomic E-state index is -0.966. The molecule has 1 saturated heterocycles. The van der Waals surface area contributed by atoms with Crippen LogP contribution in [0.2, 0.25) is 0 Å². The number of amides is 2. The molecular weight excluding hydrogens is 240 g/mol. The van der Waals surface area contributed by atoms with E-state index in [2.05, 4.69) is 11.2 Å². The first-order chi connectivity index (χ1) is 8.11. The summed E-state index contributed by atoms with van der Waals surface area (Å²) in [5.41, 5.74) is 0. The van der Waals surface area contributed by atoms with Crippen molar-refractivity contribution in [1.82, 2.24) is 10.2 Å². The average molecular weight is 256 g/mol. The predicted molar refractivity (Wildman–Crippen MR) is 66.6 cm³/mol. The van der Waals surface area contributed by atoms with E-state index in [1.807, 2.05) is 6.92 Å². The maximum Gasteiger partial charge on any atom is 0.327 e. The number of nitrogens with one attached hydrogen (secondary N) is 1. The van der Waals surface area contributed by atoms with Crippen LogP contribution in [0.25, 0.3) is 0 Å². The number of carbonyl (C=O) groups excluding carboxylic acids is 1. The first kappa shape index (κ1) is 13.7. The van der Waals surface area contributed by atoms with E-state index < -0.39 is 12.0 Å². The minimum absolute atomic E-state index is 0.0705. The van der Waals surface area contributed by atoms with E-state index in [1.54, 1.807) is 0 Å². The highest BCUT2D eigenvalue weighted by molar-refractivity contribution is 8.00. The molecule has 0 aromatic rings. The fraction of sp³-hybridized carbons (Fsp3) is 0.636. The average Bonchev–Trinajstić information content (AvgIpc) is 2.70. The normalized spacial score (nSPS) is 23.2. The first-order valence-corrected chi connectivity index (χ1v) is 6.50. The molecule has 1 aliphatic rings. The Labute approximate surface area is 105 Å². The molecule has 1 rings (SSSR count). The fourth-order valence-electron chi connectivity index (χ4n) is 1.71. The number of nitrogens with zero attached hydrogens (tertiary/aromatic N) is 1. The molecule has 0 radical (unpaired) electrons. The zero-order valence-electron chi connectivity index (χ0n) is 9.68. The Kier molecular flexibility index (Phi) is 5.16. The third-order valence-corrected chi connectivity index (χ3v) is 3.85. The number of carboxylic acid groups (broad SMARTS) is 1. The number of carboxylic acids is 1. The summed E-state index contributed by atoms with van der Waals surface area (Å²) in [5, 5.41) is 11.5. The van der Waals surface area contributed by atoms with Gasteiger partial charge in [0, 0.05) is 5.75 Å². The Morgan fingerprint density at radius 2 is 2.35 bits per heavy atom. The molecule has 0 aromatic carbocycles. The van der Waals surface area contributed by atoms with Gasteiger partial charge in [0.2, 0.25) is 0 Å². The van der Waals surface area contributed by atoms with Crippen LogP contribution in [0.15, 0.2) is 0 Å². The Balaban J connectivity index is 2.74. The van der Waals surface area contributed by atoms with E-state index in [0.717, 1.165) is 12.8 Å². The highest BCUT2D eigenvalue weighted by Crippen LogP contribution is 2.32. The van der Waals surface area contributed by atoms with E-state index >= 15 is 0 Å². The SMILES string of the molecule is C#CCNC(=O)N1C(CCC)SCC1C(=O)O. The van der Waals surface area contributed by atoms with Crippen molar-refractivity contribution in [2.75, 3.05) is 12.3 Å². The molecule has 1 aliphatic heterocycles. The van der Waals surface area contributed by atoms with E-state index in [-0.39, 0.29) is 17.9 Å². The lowest BCUT2D eigenvalue weighted by molar-refractivity contribution is -0.141. The Morgan fingerprint density at radius 1 is 1.65 bits per heavy atom. The molecule has 0 spiro atoms. The molecular formula is C11H16N2O3S. The monoisotopic (exact) mass is 256 g/mol. The van der Waals surface area contributed by atoms with Gasteiger partial charge in [-0.15, -0.1) is 18.2 Å². The van der Waals surface area contributed by atoms with Gasteiger partial charge >= 0.3 is 12.0 Å². The Bertz CT molecular complexity index is 340. The smallest absolute Gasteiger partial charge is 0.327 e. The summed E-state index contributed by atoms with van der Waals surface area (Å²) in [7, 11) is 0. The van der Waals surface area contributed by atoms with Crippen LogP contribution in [0.4, 0.5) is 4.79 Å². The molecule has 2 unspecified atom stereocenters. The van der Waals surface area contributed by atoms with Crippen LogP contribution < -0.4 is 5.32 Å². The quantitative estimate of drug-likeness (QED) is 0.735. The molecule has 2 N–H and O–H groups in total. The van der Waals surface area contributed by atoms with E-state index in [4.69, 9.17) is 11.5 Å². The zero-order chi connectivity index (χ0) is 12.8. The van der Waals surface area contributed by atoms with Crippen molar-refractivity contribution in [3.8, 4) is 12.3 Å². The lowest BCUT2D eigenvalue weighted by Crippen LogP contribution is -2.50. The van der Waals surface area contributed by atoms with Crippen LogP contribution in [0.5, 0.6) is 0 Å². The fourth-order valence-corrected chi connectivity index (χ4v) is 3.23. The van der Waals surface area contributed by atoms with Gasteiger partial charge < -0.3 is 10.4 Å². The van der Waals surface area contributed by atoms with Gasteiger partial charge in [-0.3, -0.25) is 4.90 Å². The second kappa shape index (κ2) is 6.40. The van der Waals surface area contributed by atoms with Gasteiger partial charge in [-0.25, -0.2) is 9.59 Å². The molecule has 6 heteroatoms. The van der Waals surface area contributed by atoms with Crippen LogP contribution in [0.3, 0.4) is 0 Å². The summed E-state index contributed by atoms with van der Waals surface area (Å²) in [6.45, 7) is 2.12. The summed E-state index contributed by atoms with van der Waals surface area (Å²) in [6.07, 6.45) is 6.75. The van der Waals surface area contributed by atoms with Crippen molar-refractivity contribution < 1.29 is 14.7 Å². The maximum absolute atomic E-state index is 11.8. The van der Waals surface area contributed by atoms with Crippen molar-refractivity contribution in [3.05, 3.63) is 0 Å². The maximum atomic E-state index is 11.8. The summed E-state index contributed by atoms with van der Waals surface area (Å²) < 4.78 is 0. The minimum Gasteiger partial charge on any atom is -0.480 e. The highest BCUT2D eigenvalue weighted by atomic mass is 32.2. The third kappa shape index (κ3) is 3.30. The van der Waals surface area contributed by atoms with Crippen molar-refractivity contribution in [2.45, 2.75) is 31.2 Å². The molecule has 1 heterocycles. The van der Waals surface area contributed by atoms with Gasteiger partial charge in [-0.2, -0.15) is 0 Å². The number of terminal acetylenes is 1. The lowest BCUT2D eigenvalue weighted by Gasteiger charge is -2.26. The highest BCUT2D eigenvalue weighted by Gasteiger charge is 2.40. The number of hydrogen-bond acceptors (Lipinski definition) is 3. The van der Waals surface area contributed by atoms with Crippen LogP contribution in [-0.4, -0.2) is 45.7 Å². The molecule has 0 bridgehead atoms. The van der Waals surface area contributed by atoms with Gasteiger partial charge in [0.05, 0.1) is 11.9 Å². The molecule has 2 amide bonds. The molecule has 0 aromatic heterocycles. The largest absolute Gasteiger partial charge is 0.480 e. The lowest BCUT2D eigenvalue weighted by atomic mass is 10.2. The first-order valence-electron chi connectivity index (χ1n) is 5.45. The van der Waals surface area contributed by atoms with Gasteiger partial charge in [0.1, 0.15) is 6.04 Å². The van der Waals surface area contributed by atoms with Crippen LogP contribution >= 0.6 is 11.8 Å². The molecule has 94 valence electrons. The topological polar surface area (TPSA) is 69.6 Å². The van der Waals surface area contributed by atoms with E-state index in [0.29, 0.717) is 5.75 Å². The summed E-state index contributed by atoms with van der Waals surface area (Å²) in [4.78, 5) is 24.3. The number of rotatable bonds is 4. The summed E-state index contributed by atoms with van der Waals surface area (Å²) in [5.74, 6) is 1.77. The van der Waals surface area contributed by atoms with Gasteiger partial charge in [0.25, 0.3) is 0 Å². The zero-order valence-corrected chi connectivity index (χ0v) is 10.5. The van der Waals surface area contributed by atoms with Crippen LogP contribution in [-0.2, 0) is 4.79 Å². The summed E-state index contributed by atoms with van der Waals surface area (Å²) >= 11 is 1.51. The molecule has 1 fully saturated rings. The third-order valence-electron chi connectivity index (χ3n) is 2.49. The number of aliphatic carboxylic acids is 1. The number of hydrogen-bond donors (Lipinski definition) is 2. The number of carbonyl (C=O) groups is 2. The van der Waals surface area contributed by atoms with E-state index in [9.17, 15) is 9.59 Å². The molecule has 17 heavy (non-hydrogen) atoms. The Morgan fingerprint density at radius 3 is 2.88 bits per heavy atom. The second-order valence-corrected chi connectivity index (χ2v) is 4.91. The van der Waals surface area contributed by atoms with Crippen LogP contribution in [0, 0.1) is 12.3 Å². The van der Waals surface area contributed by atoms with Crippen LogP contribution in [0.1, 0.15) is 19.8 Å². The number of thioether (sulfide) groups is 1. The molecule has 0 saturated carbocycles. The summed E-state index contributed by atoms with van der Waals surface area (Å²) in [6, 6.07) is -1.15. The van der Waals surface area contributed by atoms with Crippen molar-refractivity contribution in [1.29, 1.82) is 0 Å². The van der Waals surface area contributed by atoms with Crippen molar-refractivity contribution >= 4 is 23.8 Å². The number of urea groups is 1. The van der Waals surface area contributed by atoms with Gasteiger partial charge in [0.15, 0.2) is 0 Å². The van der Waals surface area contributed by atoms with Crippen molar-refractivity contribution in [2.24, 2.45) is 0 Å². The van der Waals surface area contributed by atoms with Gasteiger partial charge in [-0.05, 0) is 6.42 Å². The molecule has 5 nitrogen and oxygen atoms in total. The van der Waals surface area contributed by atoms with Crippen molar-refractivity contribution in [3.63, 3.8) is 0 Å². The molecule has 0 aliphatic carbocycles. The second-order valence-electron chi connectivity index (χ2n) is 3.70. The predicted octanol–water partition coefficient (Wildman–Crippen LogP) is 0.957. The van der Waals surface area contributed by atoms with Gasteiger partial charge in [-0.1, -0.05) is 19.3 Å².